The fourth-order valence-electron chi connectivity index (χ4n) is 4.52. The van der Waals surface area contributed by atoms with E-state index in [2.05, 4.69) is 13.8 Å². The Kier molecular flexibility index (Phi) is 4.52. The van der Waals surface area contributed by atoms with Crippen LogP contribution in [0.5, 0.6) is 0 Å². The van der Waals surface area contributed by atoms with E-state index in [1.54, 1.807) is 0 Å². The smallest absolute Gasteiger partial charge is 0.0211 e. The van der Waals surface area contributed by atoms with Crippen molar-refractivity contribution in [1.82, 2.24) is 0 Å². The number of hydrogen-bond donors (Lipinski definition) is 1. The Balaban J connectivity index is 1.99. The molecule has 0 spiro atoms. The molecule has 0 aliphatic heterocycles. The highest BCUT2D eigenvalue weighted by atomic mass is 14.8. The molecule has 1 nitrogen and oxygen atoms in total. The third kappa shape index (κ3) is 2.70. The van der Waals surface area contributed by atoms with E-state index in [1.807, 2.05) is 0 Å². The molecule has 2 fully saturated rings. The average molecular weight is 237 g/mol. The first kappa shape index (κ1) is 13.4. The van der Waals surface area contributed by atoms with Crippen molar-refractivity contribution in [1.29, 1.82) is 0 Å². The van der Waals surface area contributed by atoms with Crippen LogP contribution in [-0.4, -0.2) is 5.54 Å². The molecule has 0 radical (unpaired) electrons. The van der Waals surface area contributed by atoms with Crippen LogP contribution in [0.1, 0.15) is 78.1 Å². The maximum absolute atomic E-state index is 6.88. The van der Waals surface area contributed by atoms with E-state index in [-0.39, 0.29) is 5.54 Å². The second-order valence-electron chi connectivity index (χ2n) is 6.59. The van der Waals surface area contributed by atoms with Gasteiger partial charge < -0.3 is 5.73 Å². The van der Waals surface area contributed by atoms with Gasteiger partial charge >= 0.3 is 0 Å². The Labute approximate surface area is 108 Å². The molecular weight excluding hydrogens is 206 g/mol. The van der Waals surface area contributed by atoms with Crippen LogP contribution in [0.4, 0.5) is 0 Å². The van der Waals surface area contributed by atoms with Crippen molar-refractivity contribution in [2.24, 2.45) is 23.5 Å². The van der Waals surface area contributed by atoms with E-state index in [4.69, 9.17) is 5.73 Å². The van der Waals surface area contributed by atoms with Crippen molar-refractivity contribution in [2.75, 3.05) is 0 Å². The van der Waals surface area contributed by atoms with Gasteiger partial charge in [0.15, 0.2) is 0 Å². The van der Waals surface area contributed by atoms with Gasteiger partial charge in [-0.3, -0.25) is 0 Å². The van der Waals surface area contributed by atoms with Crippen LogP contribution in [0.25, 0.3) is 0 Å². The first-order chi connectivity index (χ1) is 8.20. The van der Waals surface area contributed by atoms with Crippen molar-refractivity contribution in [2.45, 2.75) is 83.6 Å². The second-order valence-corrected chi connectivity index (χ2v) is 6.59. The highest BCUT2D eigenvalue weighted by molar-refractivity contribution is 5.00. The van der Waals surface area contributed by atoms with Crippen LogP contribution in [0.2, 0.25) is 0 Å². The molecule has 2 atom stereocenters. The Hall–Kier alpha value is -0.0400. The number of hydrogen-bond acceptors (Lipinski definition) is 1. The molecule has 2 aliphatic rings. The van der Waals surface area contributed by atoms with Crippen LogP contribution in [-0.2, 0) is 0 Å². The summed E-state index contributed by atoms with van der Waals surface area (Å²) in [5, 5.41) is 0. The van der Waals surface area contributed by atoms with Gasteiger partial charge in [0.1, 0.15) is 0 Å². The van der Waals surface area contributed by atoms with E-state index in [1.165, 1.54) is 64.2 Å². The monoisotopic (exact) mass is 237 g/mol. The summed E-state index contributed by atoms with van der Waals surface area (Å²) in [7, 11) is 0. The molecule has 2 N–H and O–H groups in total. The second kappa shape index (κ2) is 5.73. The fourth-order valence-corrected chi connectivity index (χ4v) is 4.52. The summed E-state index contributed by atoms with van der Waals surface area (Å²) in [6.07, 6.45) is 13.9. The van der Waals surface area contributed by atoms with E-state index < -0.39 is 0 Å². The third-order valence-corrected chi connectivity index (χ3v) is 5.85. The number of nitrogens with two attached hydrogens (primary N) is 1. The normalized spacial score (nSPS) is 43.6. The van der Waals surface area contributed by atoms with Gasteiger partial charge in [-0.15, -0.1) is 0 Å². The molecule has 100 valence electrons. The van der Waals surface area contributed by atoms with Crippen molar-refractivity contribution in [3.8, 4) is 0 Å². The average Bonchev–Trinajstić information content (AvgIpc) is 2.39. The largest absolute Gasteiger partial charge is 0.325 e. The van der Waals surface area contributed by atoms with Gasteiger partial charge in [0.2, 0.25) is 0 Å². The summed E-state index contributed by atoms with van der Waals surface area (Å²) in [4.78, 5) is 0. The lowest BCUT2D eigenvalue weighted by Crippen LogP contribution is -2.55. The molecule has 0 bridgehead atoms. The van der Waals surface area contributed by atoms with Crippen molar-refractivity contribution >= 4 is 0 Å². The minimum atomic E-state index is 0.200. The molecule has 0 aromatic heterocycles. The Morgan fingerprint density at radius 2 is 1.65 bits per heavy atom. The molecule has 0 aromatic rings. The quantitative estimate of drug-likeness (QED) is 0.768. The molecule has 17 heavy (non-hydrogen) atoms. The van der Waals surface area contributed by atoms with Gasteiger partial charge in [0.25, 0.3) is 0 Å². The SMILES string of the molecule is CCC1CCC(C2(N)CCCCC2CC)CC1. The van der Waals surface area contributed by atoms with Crippen LogP contribution < -0.4 is 5.73 Å². The Morgan fingerprint density at radius 3 is 2.24 bits per heavy atom. The van der Waals surface area contributed by atoms with Crippen LogP contribution >= 0.6 is 0 Å². The van der Waals surface area contributed by atoms with Gasteiger partial charge in [0.05, 0.1) is 0 Å². The molecule has 0 saturated heterocycles. The minimum Gasteiger partial charge on any atom is -0.325 e. The summed E-state index contributed by atoms with van der Waals surface area (Å²) in [6.45, 7) is 4.69. The van der Waals surface area contributed by atoms with E-state index >= 15 is 0 Å². The van der Waals surface area contributed by atoms with Gasteiger partial charge in [-0.25, -0.2) is 0 Å². The van der Waals surface area contributed by atoms with Crippen LogP contribution in [0.15, 0.2) is 0 Å². The molecular formula is C16H31N. The highest BCUT2D eigenvalue weighted by Gasteiger charge is 2.43. The Bertz CT molecular complexity index is 230. The highest BCUT2D eigenvalue weighted by Crippen LogP contribution is 2.45. The molecule has 2 rings (SSSR count). The zero-order valence-corrected chi connectivity index (χ0v) is 11.9. The minimum absolute atomic E-state index is 0.200. The van der Waals surface area contributed by atoms with E-state index in [0.717, 1.165) is 17.8 Å². The van der Waals surface area contributed by atoms with Gasteiger partial charge in [-0.1, -0.05) is 52.4 Å². The summed E-state index contributed by atoms with van der Waals surface area (Å²) in [5.41, 5.74) is 7.08. The van der Waals surface area contributed by atoms with Gasteiger partial charge in [-0.2, -0.15) is 0 Å². The standard InChI is InChI=1S/C16H31N/c1-3-13-8-10-15(11-9-13)16(17)12-6-5-7-14(16)4-2/h13-15H,3-12,17H2,1-2H3. The predicted octanol–water partition coefficient (Wildman–Crippen LogP) is 4.50. The summed E-state index contributed by atoms with van der Waals surface area (Å²) < 4.78 is 0. The predicted molar refractivity (Wildman–Crippen MR) is 74.9 cm³/mol. The lowest BCUT2D eigenvalue weighted by Gasteiger charge is -2.49. The zero-order chi connectivity index (χ0) is 12.3. The number of rotatable bonds is 3. The van der Waals surface area contributed by atoms with Crippen molar-refractivity contribution in [3.63, 3.8) is 0 Å². The fraction of sp³-hybridized carbons (Fsp3) is 1.00. The molecule has 2 aliphatic carbocycles. The van der Waals surface area contributed by atoms with Crippen molar-refractivity contribution in [3.05, 3.63) is 0 Å². The van der Waals surface area contributed by atoms with E-state index in [0.29, 0.717) is 0 Å². The summed E-state index contributed by atoms with van der Waals surface area (Å²) in [5.74, 6) is 2.63. The van der Waals surface area contributed by atoms with Gasteiger partial charge in [-0.05, 0) is 43.4 Å². The topological polar surface area (TPSA) is 26.0 Å². The van der Waals surface area contributed by atoms with Gasteiger partial charge in [0, 0.05) is 5.54 Å². The molecule has 2 unspecified atom stereocenters. The Morgan fingerprint density at radius 1 is 0.941 bits per heavy atom. The maximum atomic E-state index is 6.88. The van der Waals surface area contributed by atoms with E-state index in [9.17, 15) is 0 Å². The molecule has 0 aromatic carbocycles. The summed E-state index contributed by atoms with van der Waals surface area (Å²) >= 11 is 0. The first-order valence-electron chi connectivity index (χ1n) is 7.99. The third-order valence-electron chi connectivity index (χ3n) is 5.85. The molecule has 0 amide bonds. The molecule has 0 heterocycles. The summed E-state index contributed by atoms with van der Waals surface area (Å²) in [6, 6.07) is 0. The zero-order valence-electron chi connectivity index (χ0n) is 11.9. The first-order valence-corrected chi connectivity index (χ1v) is 7.99. The molecule has 1 heteroatoms. The lowest BCUT2D eigenvalue weighted by atomic mass is 9.61. The van der Waals surface area contributed by atoms with Crippen LogP contribution in [0.3, 0.4) is 0 Å². The lowest BCUT2D eigenvalue weighted by molar-refractivity contribution is 0.0746. The maximum Gasteiger partial charge on any atom is 0.0211 e. The van der Waals surface area contributed by atoms with Crippen LogP contribution in [0, 0.1) is 17.8 Å². The molecule has 2 saturated carbocycles. The van der Waals surface area contributed by atoms with Crippen molar-refractivity contribution < 1.29 is 0 Å².